The molecule has 0 aliphatic heterocycles. The van der Waals surface area contributed by atoms with Gasteiger partial charge in [-0.05, 0) is 24.3 Å². The normalized spacial score (nSPS) is 10.7. The number of H-pyrrole nitrogens is 1. The van der Waals surface area contributed by atoms with E-state index < -0.39 is 0 Å². The van der Waals surface area contributed by atoms with Crippen molar-refractivity contribution < 1.29 is 4.79 Å². The summed E-state index contributed by atoms with van der Waals surface area (Å²) in [5, 5.41) is 7.81. The van der Waals surface area contributed by atoms with Crippen LogP contribution >= 0.6 is 0 Å². The van der Waals surface area contributed by atoms with Crippen LogP contribution in [0.5, 0.6) is 0 Å². The second kappa shape index (κ2) is 3.96. The summed E-state index contributed by atoms with van der Waals surface area (Å²) >= 11 is 0. The molecule has 3 rings (SSSR count). The third-order valence-electron chi connectivity index (χ3n) is 2.78. The van der Waals surface area contributed by atoms with Crippen LogP contribution in [-0.2, 0) is 0 Å². The molecule has 0 unspecified atom stereocenters. The molecule has 2 aromatic heterocycles. The van der Waals surface area contributed by atoms with E-state index in [0.29, 0.717) is 12.1 Å². The molecular weight excluding hydrogens is 230 g/mol. The summed E-state index contributed by atoms with van der Waals surface area (Å²) in [7, 11) is 0. The molecule has 2 heterocycles. The number of para-hydroxylation sites is 1. The van der Waals surface area contributed by atoms with Crippen molar-refractivity contribution >= 4 is 17.2 Å². The van der Waals surface area contributed by atoms with Crippen molar-refractivity contribution in [2.75, 3.05) is 0 Å². The number of rotatable bonds is 2. The molecule has 0 aliphatic rings. The number of aromatic amines is 1. The summed E-state index contributed by atoms with van der Waals surface area (Å²) in [5.41, 5.74) is 0.588. The molecule has 0 spiro atoms. The Hall–Kier alpha value is -2.69. The number of hydrogen-bond acceptors (Lipinski definition) is 3. The zero-order valence-corrected chi connectivity index (χ0v) is 9.33. The second-order valence-electron chi connectivity index (χ2n) is 3.85. The SMILES string of the molecule is O=Cc1cccn(-c2n[nH]c3ccccc23)c1=O. The number of benzene rings is 1. The Morgan fingerprint density at radius 1 is 1.17 bits per heavy atom. The molecule has 3 aromatic rings. The standard InChI is InChI=1S/C13H9N3O2/c17-8-9-4-3-7-16(13(9)18)12-10-5-1-2-6-11(10)14-15-12/h1-8H,(H,14,15). The maximum atomic E-state index is 12.0. The minimum atomic E-state index is -0.371. The molecule has 0 bridgehead atoms. The summed E-state index contributed by atoms with van der Waals surface area (Å²) in [6.45, 7) is 0. The number of carbonyl (C=O) groups is 1. The molecule has 0 radical (unpaired) electrons. The van der Waals surface area contributed by atoms with Crippen molar-refractivity contribution in [1.29, 1.82) is 0 Å². The van der Waals surface area contributed by atoms with E-state index in [0.717, 1.165) is 10.9 Å². The quantitative estimate of drug-likeness (QED) is 0.689. The molecule has 1 N–H and O–H groups in total. The number of nitrogens with one attached hydrogen (secondary N) is 1. The monoisotopic (exact) mass is 239 g/mol. The molecular formula is C13H9N3O2. The second-order valence-corrected chi connectivity index (χ2v) is 3.85. The van der Waals surface area contributed by atoms with Crippen LogP contribution in [-0.4, -0.2) is 21.1 Å². The topological polar surface area (TPSA) is 67.8 Å². The van der Waals surface area contributed by atoms with Crippen LogP contribution in [0.1, 0.15) is 10.4 Å². The Labute approximate surface area is 102 Å². The Kier molecular flexibility index (Phi) is 2.30. The minimum absolute atomic E-state index is 0.115. The number of nitrogens with zero attached hydrogens (tertiary/aromatic N) is 2. The number of pyridine rings is 1. The molecule has 5 nitrogen and oxygen atoms in total. The van der Waals surface area contributed by atoms with Crippen LogP contribution in [0.15, 0.2) is 47.4 Å². The Morgan fingerprint density at radius 2 is 2.00 bits per heavy atom. The van der Waals surface area contributed by atoms with Gasteiger partial charge in [0.2, 0.25) is 0 Å². The van der Waals surface area contributed by atoms with Crippen molar-refractivity contribution in [2.45, 2.75) is 0 Å². The van der Waals surface area contributed by atoms with Crippen molar-refractivity contribution in [3.63, 3.8) is 0 Å². The lowest BCUT2D eigenvalue weighted by Crippen LogP contribution is -2.21. The molecule has 0 fully saturated rings. The zero-order valence-electron chi connectivity index (χ0n) is 9.33. The number of hydrogen-bond donors (Lipinski definition) is 1. The van der Waals surface area contributed by atoms with E-state index in [-0.39, 0.29) is 11.1 Å². The third-order valence-corrected chi connectivity index (χ3v) is 2.78. The van der Waals surface area contributed by atoms with Gasteiger partial charge in [-0.2, -0.15) is 5.10 Å². The molecule has 0 saturated carbocycles. The fourth-order valence-corrected chi connectivity index (χ4v) is 1.90. The average Bonchev–Trinajstić information content (AvgIpc) is 2.83. The van der Waals surface area contributed by atoms with Crippen molar-refractivity contribution in [3.05, 3.63) is 58.5 Å². The van der Waals surface area contributed by atoms with Gasteiger partial charge in [0.05, 0.1) is 11.1 Å². The van der Waals surface area contributed by atoms with Crippen molar-refractivity contribution in [1.82, 2.24) is 14.8 Å². The maximum absolute atomic E-state index is 12.0. The van der Waals surface area contributed by atoms with Crippen LogP contribution in [0.3, 0.4) is 0 Å². The van der Waals surface area contributed by atoms with E-state index >= 15 is 0 Å². The van der Waals surface area contributed by atoms with Gasteiger partial charge in [-0.15, -0.1) is 0 Å². The molecule has 88 valence electrons. The fraction of sp³-hybridized carbons (Fsp3) is 0. The lowest BCUT2D eigenvalue weighted by molar-refractivity contribution is 0.112. The Morgan fingerprint density at radius 3 is 2.83 bits per heavy atom. The molecule has 0 saturated heterocycles. The highest BCUT2D eigenvalue weighted by Crippen LogP contribution is 2.17. The van der Waals surface area contributed by atoms with Gasteiger partial charge >= 0.3 is 0 Å². The van der Waals surface area contributed by atoms with Crippen LogP contribution in [0.2, 0.25) is 0 Å². The first-order chi connectivity index (χ1) is 8.81. The molecule has 0 atom stereocenters. The highest BCUT2D eigenvalue weighted by atomic mass is 16.1. The van der Waals surface area contributed by atoms with Crippen molar-refractivity contribution in [3.8, 4) is 5.82 Å². The van der Waals surface area contributed by atoms with E-state index in [1.54, 1.807) is 12.3 Å². The predicted molar refractivity (Wildman–Crippen MR) is 67.1 cm³/mol. The summed E-state index contributed by atoms with van der Waals surface area (Å²) in [6, 6.07) is 10.6. The van der Waals surface area contributed by atoms with E-state index in [2.05, 4.69) is 10.2 Å². The van der Waals surface area contributed by atoms with Gasteiger partial charge in [0, 0.05) is 11.6 Å². The highest BCUT2D eigenvalue weighted by molar-refractivity contribution is 5.86. The average molecular weight is 239 g/mol. The minimum Gasteiger partial charge on any atom is -0.298 e. The highest BCUT2D eigenvalue weighted by Gasteiger charge is 2.10. The smallest absolute Gasteiger partial charge is 0.266 e. The van der Waals surface area contributed by atoms with Crippen LogP contribution < -0.4 is 5.56 Å². The van der Waals surface area contributed by atoms with Gasteiger partial charge in [0.15, 0.2) is 12.1 Å². The van der Waals surface area contributed by atoms with Gasteiger partial charge in [-0.3, -0.25) is 19.3 Å². The maximum Gasteiger partial charge on any atom is 0.266 e. The first kappa shape index (κ1) is 10.5. The zero-order chi connectivity index (χ0) is 12.5. The van der Waals surface area contributed by atoms with Gasteiger partial charge in [0.25, 0.3) is 5.56 Å². The summed E-state index contributed by atoms with van der Waals surface area (Å²) in [5.74, 6) is 0.499. The molecule has 0 aliphatic carbocycles. The number of aromatic nitrogens is 3. The van der Waals surface area contributed by atoms with E-state index in [1.165, 1.54) is 10.6 Å². The predicted octanol–water partition coefficient (Wildman–Crippen LogP) is 1.53. The number of carbonyl (C=O) groups excluding carboxylic acids is 1. The largest absolute Gasteiger partial charge is 0.298 e. The van der Waals surface area contributed by atoms with E-state index in [4.69, 9.17) is 0 Å². The summed E-state index contributed by atoms with van der Waals surface area (Å²) in [4.78, 5) is 22.8. The van der Waals surface area contributed by atoms with Gasteiger partial charge in [-0.1, -0.05) is 12.1 Å². The molecule has 18 heavy (non-hydrogen) atoms. The van der Waals surface area contributed by atoms with Gasteiger partial charge < -0.3 is 0 Å². The third kappa shape index (κ3) is 1.45. The molecule has 5 heteroatoms. The lowest BCUT2D eigenvalue weighted by Gasteiger charge is -2.02. The van der Waals surface area contributed by atoms with Crippen LogP contribution in [0.4, 0.5) is 0 Å². The summed E-state index contributed by atoms with van der Waals surface area (Å²) in [6.07, 6.45) is 2.14. The Balaban J connectivity index is 2.33. The van der Waals surface area contributed by atoms with E-state index in [1.807, 2.05) is 24.3 Å². The van der Waals surface area contributed by atoms with Gasteiger partial charge in [-0.25, -0.2) is 0 Å². The number of aldehydes is 1. The molecule has 1 aromatic carbocycles. The van der Waals surface area contributed by atoms with E-state index in [9.17, 15) is 9.59 Å². The Bertz CT molecular complexity index is 786. The van der Waals surface area contributed by atoms with Crippen molar-refractivity contribution in [2.24, 2.45) is 0 Å². The van der Waals surface area contributed by atoms with Crippen LogP contribution in [0.25, 0.3) is 16.7 Å². The summed E-state index contributed by atoms with van der Waals surface area (Å²) < 4.78 is 1.36. The first-order valence-corrected chi connectivity index (χ1v) is 5.41. The lowest BCUT2D eigenvalue weighted by atomic mass is 10.2. The number of fused-ring (bicyclic) bond motifs is 1. The first-order valence-electron chi connectivity index (χ1n) is 5.41. The van der Waals surface area contributed by atoms with Gasteiger partial charge in [0.1, 0.15) is 0 Å². The van der Waals surface area contributed by atoms with Crippen LogP contribution in [0, 0.1) is 0 Å². The fourth-order valence-electron chi connectivity index (χ4n) is 1.90. The molecule has 0 amide bonds.